The minimum Gasteiger partial charge on any atom is -0.356 e. The molecule has 0 saturated carbocycles. The number of fused-ring (bicyclic) bond motifs is 1. The van der Waals surface area contributed by atoms with Gasteiger partial charge in [0, 0.05) is 43.9 Å². The van der Waals surface area contributed by atoms with Crippen molar-refractivity contribution in [3.05, 3.63) is 58.8 Å². The number of hydrogen-bond acceptors (Lipinski definition) is 5. The number of hydrogen-bond donors (Lipinski definition) is 2. The minimum atomic E-state index is -0.221. The summed E-state index contributed by atoms with van der Waals surface area (Å²) in [7, 11) is 0. The van der Waals surface area contributed by atoms with Crippen molar-refractivity contribution < 1.29 is 9.32 Å². The number of carbonyl (C=O) groups is 1. The lowest BCUT2D eigenvalue weighted by Crippen LogP contribution is -2.23. The molecule has 4 rings (SSSR count). The molecule has 1 aliphatic heterocycles. The summed E-state index contributed by atoms with van der Waals surface area (Å²) in [5.74, 6) is 1.28. The highest BCUT2D eigenvalue weighted by atomic mass is 35.5. The van der Waals surface area contributed by atoms with Crippen molar-refractivity contribution in [1.29, 1.82) is 0 Å². The highest BCUT2D eigenvalue weighted by Crippen LogP contribution is 2.27. The summed E-state index contributed by atoms with van der Waals surface area (Å²) in [5, 5.41) is 10.7. The molecule has 1 aromatic carbocycles. The predicted molar refractivity (Wildman–Crippen MR) is 104 cm³/mol. The first kappa shape index (κ1) is 19.4. The summed E-state index contributed by atoms with van der Waals surface area (Å²) in [6, 6.07) is 9.15. The number of halogens is 2. The second kappa shape index (κ2) is 8.56. The number of amides is 1. The van der Waals surface area contributed by atoms with Gasteiger partial charge in [0.2, 0.25) is 0 Å². The Hall–Kier alpha value is -2.35. The Labute approximate surface area is 167 Å². The average molecular weight is 408 g/mol. The van der Waals surface area contributed by atoms with Gasteiger partial charge in [-0.25, -0.2) is 4.98 Å². The molecule has 0 atom stereocenters. The fourth-order valence-corrected chi connectivity index (χ4v) is 3.15. The molecule has 3 aromatic rings. The van der Waals surface area contributed by atoms with Crippen LogP contribution in [0.2, 0.25) is 5.02 Å². The molecule has 27 heavy (non-hydrogen) atoms. The van der Waals surface area contributed by atoms with Crippen molar-refractivity contribution in [2.75, 3.05) is 13.1 Å². The average Bonchev–Trinajstić information content (AvgIpc) is 3.22. The molecular weight excluding hydrogens is 389 g/mol. The second-order valence-corrected chi connectivity index (χ2v) is 6.49. The normalized spacial score (nSPS) is 13.4. The molecule has 1 amide bonds. The zero-order chi connectivity index (χ0) is 17.9. The summed E-state index contributed by atoms with van der Waals surface area (Å²) in [6.45, 7) is 2.84. The molecule has 1 aliphatic rings. The van der Waals surface area contributed by atoms with Gasteiger partial charge < -0.3 is 19.7 Å². The first-order chi connectivity index (χ1) is 12.7. The quantitative estimate of drug-likeness (QED) is 0.694. The molecule has 0 unspecified atom stereocenters. The minimum absolute atomic E-state index is 0. The van der Waals surface area contributed by atoms with Crippen molar-refractivity contribution in [1.82, 2.24) is 25.3 Å². The van der Waals surface area contributed by atoms with Crippen molar-refractivity contribution in [3.8, 4) is 11.3 Å². The Morgan fingerprint density at radius 1 is 1.33 bits per heavy atom. The van der Waals surface area contributed by atoms with Crippen molar-refractivity contribution in [3.63, 3.8) is 0 Å². The van der Waals surface area contributed by atoms with E-state index in [2.05, 4.69) is 20.8 Å². The molecule has 2 N–H and O–H groups in total. The molecule has 0 radical (unpaired) electrons. The van der Waals surface area contributed by atoms with Gasteiger partial charge >= 0.3 is 0 Å². The summed E-state index contributed by atoms with van der Waals surface area (Å²) in [5.41, 5.74) is 1.82. The third-order valence-corrected chi connectivity index (χ3v) is 4.60. The van der Waals surface area contributed by atoms with Crippen molar-refractivity contribution in [2.45, 2.75) is 19.5 Å². The van der Waals surface area contributed by atoms with Gasteiger partial charge in [0.15, 0.2) is 5.76 Å². The highest BCUT2D eigenvalue weighted by molar-refractivity contribution is 6.33. The fraction of sp³-hybridized carbons (Fsp3) is 0.278. The highest BCUT2D eigenvalue weighted by Gasteiger charge is 2.16. The van der Waals surface area contributed by atoms with E-state index < -0.39 is 0 Å². The Balaban J connectivity index is 0.00000210. The predicted octanol–water partition coefficient (Wildman–Crippen LogP) is 2.69. The SMILES string of the molecule is Cl.O=C(NCc1cc(-c2ccccc2Cl)on1)c1cn2c(n1)CCNCC2. The first-order valence-electron chi connectivity index (χ1n) is 8.46. The molecule has 0 bridgehead atoms. The second-order valence-electron chi connectivity index (χ2n) is 6.08. The number of nitrogens with zero attached hydrogens (tertiary/aromatic N) is 3. The number of nitrogens with one attached hydrogen (secondary N) is 2. The Kier molecular flexibility index (Phi) is 6.15. The van der Waals surface area contributed by atoms with Crippen LogP contribution in [-0.4, -0.2) is 33.7 Å². The van der Waals surface area contributed by atoms with Gasteiger partial charge in [-0.05, 0) is 12.1 Å². The van der Waals surface area contributed by atoms with Crippen LogP contribution in [0.15, 0.2) is 41.1 Å². The van der Waals surface area contributed by atoms with Gasteiger partial charge in [0.05, 0.1) is 11.6 Å². The van der Waals surface area contributed by atoms with Gasteiger partial charge in [-0.1, -0.05) is 28.9 Å². The molecule has 7 nitrogen and oxygen atoms in total. The lowest BCUT2D eigenvalue weighted by molar-refractivity contribution is 0.0945. The summed E-state index contributed by atoms with van der Waals surface area (Å²) < 4.78 is 7.37. The van der Waals surface area contributed by atoms with Gasteiger partial charge in [0.1, 0.15) is 17.2 Å². The Morgan fingerprint density at radius 2 is 2.19 bits per heavy atom. The van der Waals surface area contributed by atoms with E-state index in [1.165, 1.54) is 0 Å². The van der Waals surface area contributed by atoms with Crippen LogP contribution in [-0.2, 0) is 19.5 Å². The van der Waals surface area contributed by atoms with E-state index in [1.54, 1.807) is 18.3 Å². The fourth-order valence-electron chi connectivity index (χ4n) is 2.93. The molecule has 142 valence electrons. The third-order valence-electron chi connectivity index (χ3n) is 4.28. The van der Waals surface area contributed by atoms with E-state index in [0.29, 0.717) is 22.2 Å². The molecule has 0 aliphatic carbocycles. The number of benzene rings is 1. The van der Waals surface area contributed by atoms with E-state index in [4.69, 9.17) is 16.1 Å². The summed E-state index contributed by atoms with van der Waals surface area (Å²) >= 11 is 6.16. The number of carbonyl (C=O) groups excluding carboxylic acids is 1. The van der Waals surface area contributed by atoms with Crippen LogP contribution >= 0.6 is 24.0 Å². The molecule has 0 saturated heterocycles. The van der Waals surface area contributed by atoms with E-state index >= 15 is 0 Å². The first-order valence-corrected chi connectivity index (χ1v) is 8.84. The molecule has 0 spiro atoms. The maximum absolute atomic E-state index is 12.4. The monoisotopic (exact) mass is 407 g/mol. The molecular formula is C18H19Cl2N5O2. The largest absolute Gasteiger partial charge is 0.356 e. The number of rotatable bonds is 4. The van der Waals surface area contributed by atoms with Crippen molar-refractivity contribution in [2.24, 2.45) is 0 Å². The standard InChI is InChI=1S/C18H18ClN5O2.ClH/c19-14-4-2-1-3-13(14)16-9-12(23-26-16)10-21-18(25)15-11-24-8-7-20-6-5-17(24)22-15;/h1-4,9,11,20H,5-8,10H2,(H,21,25);1H. The molecule has 3 heterocycles. The van der Waals surface area contributed by atoms with Crippen LogP contribution in [0.4, 0.5) is 0 Å². The molecule has 9 heteroatoms. The number of imidazole rings is 1. The maximum atomic E-state index is 12.4. The zero-order valence-electron chi connectivity index (χ0n) is 14.4. The lowest BCUT2D eigenvalue weighted by atomic mass is 10.1. The van der Waals surface area contributed by atoms with E-state index in [0.717, 1.165) is 37.4 Å². The Morgan fingerprint density at radius 3 is 3.04 bits per heavy atom. The van der Waals surface area contributed by atoms with Gasteiger partial charge in [-0.3, -0.25) is 4.79 Å². The summed E-state index contributed by atoms with van der Waals surface area (Å²) in [4.78, 5) is 16.8. The Bertz CT molecular complexity index is 914. The van der Waals surface area contributed by atoms with E-state index in [9.17, 15) is 4.79 Å². The third kappa shape index (κ3) is 4.32. The van der Waals surface area contributed by atoms with Crippen LogP contribution in [0.1, 0.15) is 22.0 Å². The molecule has 2 aromatic heterocycles. The topological polar surface area (TPSA) is 85.0 Å². The van der Waals surface area contributed by atoms with Crippen LogP contribution in [0.3, 0.4) is 0 Å². The van der Waals surface area contributed by atoms with E-state index in [1.807, 2.05) is 22.8 Å². The van der Waals surface area contributed by atoms with Crippen molar-refractivity contribution >= 4 is 29.9 Å². The van der Waals surface area contributed by atoms with Crippen LogP contribution in [0.5, 0.6) is 0 Å². The lowest BCUT2D eigenvalue weighted by Gasteiger charge is -2.00. The number of aromatic nitrogens is 3. The zero-order valence-corrected chi connectivity index (χ0v) is 16.0. The smallest absolute Gasteiger partial charge is 0.271 e. The van der Waals surface area contributed by atoms with Crippen LogP contribution in [0.25, 0.3) is 11.3 Å². The maximum Gasteiger partial charge on any atom is 0.271 e. The van der Waals surface area contributed by atoms with E-state index in [-0.39, 0.29) is 24.9 Å². The van der Waals surface area contributed by atoms with Crippen LogP contribution < -0.4 is 10.6 Å². The van der Waals surface area contributed by atoms with Crippen LogP contribution in [0, 0.1) is 0 Å². The summed E-state index contributed by atoms with van der Waals surface area (Å²) in [6.07, 6.45) is 2.62. The van der Waals surface area contributed by atoms with Gasteiger partial charge in [-0.15, -0.1) is 12.4 Å². The van der Waals surface area contributed by atoms with Gasteiger partial charge in [0.25, 0.3) is 5.91 Å². The molecule has 0 fully saturated rings. The van der Waals surface area contributed by atoms with Gasteiger partial charge in [-0.2, -0.15) is 0 Å².